The Labute approximate surface area is 157 Å². The van der Waals surface area contributed by atoms with Crippen LogP contribution in [0.15, 0.2) is 18.2 Å². The molecule has 0 radical (unpaired) electrons. The van der Waals surface area contributed by atoms with Gasteiger partial charge in [-0.3, -0.25) is 4.79 Å². The van der Waals surface area contributed by atoms with Gasteiger partial charge in [-0.25, -0.2) is 0 Å². The largest absolute Gasteiger partial charge is 0.338 e. The Bertz CT molecular complexity index is 607. The van der Waals surface area contributed by atoms with E-state index in [0.29, 0.717) is 13.2 Å². The Morgan fingerprint density at radius 2 is 1.65 bits per heavy atom. The lowest BCUT2D eigenvalue weighted by molar-refractivity contribution is -0.256. The van der Waals surface area contributed by atoms with Gasteiger partial charge >= 0.3 is 0 Å². The number of para-hydroxylation sites is 1. The van der Waals surface area contributed by atoms with E-state index in [0.717, 1.165) is 36.2 Å². The summed E-state index contributed by atoms with van der Waals surface area (Å²) in [5.41, 5.74) is 3.01. The van der Waals surface area contributed by atoms with E-state index in [1.165, 1.54) is 44.9 Å². The lowest BCUT2D eigenvalue weighted by Gasteiger charge is -2.32. The fourth-order valence-electron chi connectivity index (χ4n) is 4.11. The van der Waals surface area contributed by atoms with Crippen molar-refractivity contribution >= 4 is 11.6 Å². The Morgan fingerprint density at radius 1 is 1.00 bits per heavy atom. The van der Waals surface area contributed by atoms with Gasteiger partial charge in [-0.05, 0) is 25.3 Å². The first-order chi connectivity index (χ1) is 12.7. The van der Waals surface area contributed by atoms with E-state index in [1.54, 1.807) is 0 Å². The van der Waals surface area contributed by atoms with Crippen molar-refractivity contribution in [3.63, 3.8) is 0 Å². The molecule has 2 heterocycles. The van der Waals surface area contributed by atoms with Crippen LogP contribution < -0.4 is 4.90 Å². The van der Waals surface area contributed by atoms with Gasteiger partial charge in [-0.15, -0.1) is 0 Å². The van der Waals surface area contributed by atoms with E-state index in [4.69, 9.17) is 9.47 Å². The van der Waals surface area contributed by atoms with Crippen molar-refractivity contribution in [1.82, 2.24) is 0 Å². The van der Waals surface area contributed by atoms with Crippen LogP contribution in [0.3, 0.4) is 0 Å². The summed E-state index contributed by atoms with van der Waals surface area (Å²) < 4.78 is 11.8. The van der Waals surface area contributed by atoms with Crippen molar-refractivity contribution in [1.29, 1.82) is 0 Å². The second kappa shape index (κ2) is 9.01. The molecule has 4 nitrogen and oxygen atoms in total. The fraction of sp³-hybridized carbons (Fsp3) is 0.682. The number of benzene rings is 1. The third-order valence-corrected chi connectivity index (χ3v) is 5.52. The molecule has 2 aliphatic rings. The van der Waals surface area contributed by atoms with Gasteiger partial charge < -0.3 is 14.4 Å². The van der Waals surface area contributed by atoms with Gasteiger partial charge in [-0.1, -0.05) is 70.1 Å². The molecule has 0 saturated carbocycles. The molecule has 2 aliphatic heterocycles. The summed E-state index contributed by atoms with van der Waals surface area (Å²) in [6, 6.07) is 6.04. The first-order valence-corrected chi connectivity index (χ1v) is 10.4. The Balaban J connectivity index is 1.60. The molecule has 0 unspecified atom stereocenters. The highest BCUT2D eigenvalue weighted by atomic mass is 16.7. The minimum absolute atomic E-state index is 0.0376. The molecular formula is C22H33NO3. The molecule has 26 heavy (non-hydrogen) atoms. The van der Waals surface area contributed by atoms with Gasteiger partial charge in [0.15, 0.2) is 0 Å². The zero-order valence-corrected chi connectivity index (χ0v) is 16.4. The number of rotatable bonds is 9. The van der Waals surface area contributed by atoms with E-state index in [1.807, 2.05) is 17.0 Å². The van der Waals surface area contributed by atoms with Gasteiger partial charge in [0.25, 0.3) is 11.7 Å². The topological polar surface area (TPSA) is 38.8 Å². The van der Waals surface area contributed by atoms with Crippen LogP contribution in [-0.4, -0.2) is 25.7 Å². The molecular weight excluding hydrogens is 326 g/mol. The highest BCUT2D eigenvalue weighted by Gasteiger charge is 2.55. The van der Waals surface area contributed by atoms with Crippen molar-refractivity contribution in [2.45, 2.75) is 77.4 Å². The number of hydrogen-bond donors (Lipinski definition) is 0. The molecule has 0 aromatic heterocycles. The summed E-state index contributed by atoms with van der Waals surface area (Å²) in [6.07, 6.45) is 10.9. The van der Waals surface area contributed by atoms with Gasteiger partial charge in [0.1, 0.15) is 0 Å². The number of anilines is 1. The number of carbonyl (C=O) groups is 1. The van der Waals surface area contributed by atoms with Crippen LogP contribution in [-0.2, 0) is 20.1 Å². The molecule has 1 aromatic rings. The molecule has 144 valence electrons. The maximum atomic E-state index is 13.2. The van der Waals surface area contributed by atoms with Crippen molar-refractivity contribution < 1.29 is 14.3 Å². The van der Waals surface area contributed by atoms with Crippen molar-refractivity contribution in [2.75, 3.05) is 24.7 Å². The lowest BCUT2D eigenvalue weighted by Crippen LogP contribution is -2.47. The van der Waals surface area contributed by atoms with Crippen molar-refractivity contribution in [2.24, 2.45) is 0 Å². The summed E-state index contributed by atoms with van der Waals surface area (Å²) in [6.45, 7) is 6.21. The molecule has 0 N–H and O–H groups in total. The second-order valence-corrected chi connectivity index (χ2v) is 7.57. The standard InChI is InChI=1S/C22H33NO3/c1-3-4-5-6-7-8-9-10-15-23-20-18(2)13-11-14-19(20)22(21(23)24)25-16-12-17-26-22/h11,13-14H,3-10,12,15-17H2,1-2H3. The highest BCUT2D eigenvalue weighted by Crippen LogP contribution is 2.46. The second-order valence-electron chi connectivity index (χ2n) is 7.57. The van der Waals surface area contributed by atoms with Crippen LogP contribution in [0.2, 0.25) is 0 Å². The molecule has 1 saturated heterocycles. The summed E-state index contributed by atoms with van der Waals surface area (Å²) in [4.78, 5) is 15.1. The number of carbonyl (C=O) groups excluding carboxylic acids is 1. The van der Waals surface area contributed by atoms with Gasteiger partial charge in [-0.2, -0.15) is 0 Å². The molecule has 1 fully saturated rings. The van der Waals surface area contributed by atoms with Gasteiger partial charge in [0.05, 0.1) is 18.9 Å². The van der Waals surface area contributed by atoms with Gasteiger partial charge in [0, 0.05) is 12.1 Å². The number of hydrogen-bond acceptors (Lipinski definition) is 3. The predicted octanol–water partition coefficient (Wildman–Crippen LogP) is 5.07. The van der Waals surface area contributed by atoms with Crippen molar-refractivity contribution in [3.05, 3.63) is 29.3 Å². The molecule has 0 aliphatic carbocycles. The third kappa shape index (κ3) is 3.81. The Kier molecular flexibility index (Phi) is 6.71. The van der Waals surface area contributed by atoms with Crippen LogP contribution in [0.4, 0.5) is 5.69 Å². The summed E-state index contributed by atoms with van der Waals surface area (Å²) in [5, 5.41) is 0. The minimum atomic E-state index is -1.19. The van der Waals surface area contributed by atoms with E-state index in [9.17, 15) is 4.79 Å². The maximum absolute atomic E-state index is 13.2. The average molecular weight is 360 g/mol. The maximum Gasteiger partial charge on any atom is 0.292 e. The smallest absolute Gasteiger partial charge is 0.292 e. The number of ether oxygens (including phenoxy) is 2. The number of nitrogens with zero attached hydrogens (tertiary/aromatic N) is 1. The monoisotopic (exact) mass is 359 g/mol. The van der Waals surface area contributed by atoms with Crippen LogP contribution in [0.1, 0.15) is 75.8 Å². The zero-order chi connectivity index (χ0) is 18.4. The SMILES string of the molecule is CCCCCCCCCCN1C(=O)C2(OCCCO2)c2cccc(C)c21. The minimum Gasteiger partial charge on any atom is -0.338 e. The molecule has 1 amide bonds. The zero-order valence-electron chi connectivity index (χ0n) is 16.4. The van der Waals surface area contributed by atoms with E-state index in [-0.39, 0.29) is 5.91 Å². The molecule has 1 spiro atoms. The van der Waals surface area contributed by atoms with Crippen LogP contribution >= 0.6 is 0 Å². The van der Waals surface area contributed by atoms with E-state index < -0.39 is 5.79 Å². The average Bonchev–Trinajstić information content (AvgIpc) is 2.88. The number of unbranched alkanes of at least 4 members (excludes halogenated alkanes) is 7. The highest BCUT2D eigenvalue weighted by molar-refractivity contribution is 6.06. The fourth-order valence-corrected chi connectivity index (χ4v) is 4.11. The number of aryl methyl sites for hydroxylation is 1. The molecule has 0 bridgehead atoms. The lowest BCUT2D eigenvalue weighted by atomic mass is 10.0. The number of fused-ring (bicyclic) bond motifs is 2. The Hall–Kier alpha value is -1.39. The summed E-state index contributed by atoms with van der Waals surface area (Å²) >= 11 is 0. The predicted molar refractivity (Wildman–Crippen MR) is 104 cm³/mol. The van der Waals surface area contributed by atoms with E-state index >= 15 is 0 Å². The number of amides is 1. The molecule has 0 atom stereocenters. The molecule has 3 rings (SSSR count). The van der Waals surface area contributed by atoms with Crippen LogP contribution in [0.25, 0.3) is 0 Å². The molecule has 1 aromatic carbocycles. The third-order valence-electron chi connectivity index (χ3n) is 5.52. The first kappa shape index (κ1) is 19.4. The van der Waals surface area contributed by atoms with Crippen LogP contribution in [0, 0.1) is 6.92 Å². The van der Waals surface area contributed by atoms with E-state index in [2.05, 4.69) is 19.9 Å². The summed E-state index contributed by atoms with van der Waals surface area (Å²) in [7, 11) is 0. The quantitative estimate of drug-likeness (QED) is 0.578. The van der Waals surface area contributed by atoms with Crippen molar-refractivity contribution in [3.8, 4) is 0 Å². The first-order valence-electron chi connectivity index (χ1n) is 10.4. The Morgan fingerprint density at radius 3 is 2.35 bits per heavy atom. The van der Waals surface area contributed by atoms with Gasteiger partial charge in [0.2, 0.25) is 0 Å². The molecule has 4 heteroatoms. The summed E-state index contributed by atoms with van der Waals surface area (Å²) in [5.74, 6) is -1.23. The van der Waals surface area contributed by atoms with Crippen LogP contribution in [0.5, 0.6) is 0 Å². The normalized spacial score (nSPS) is 18.5.